The number of oxime groups is 1. The van der Waals surface area contributed by atoms with E-state index in [-0.39, 0.29) is 28.5 Å². The molecule has 1 saturated carbocycles. The molecule has 0 spiro atoms. The number of anilines is 1. The topological polar surface area (TPSA) is 186 Å². The van der Waals surface area contributed by atoms with Crippen molar-refractivity contribution in [2.75, 3.05) is 12.3 Å². The van der Waals surface area contributed by atoms with Crippen LogP contribution in [0.3, 0.4) is 0 Å². The quantitative estimate of drug-likeness (QED) is 0.293. The number of nitrogens with zero attached hydrogens (tertiary/aromatic N) is 2. The number of aliphatic carboxylic acids is 2. The van der Waals surface area contributed by atoms with Gasteiger partial charge in [-0.05, 0) is 26.7 Å². The van der Waals surface area contributed by atoms with E-state index < -0.39 is 41.9 Å². The van der Waals surface area contributed by atoms with Crippen molar-refractivity contribution in [2.24, 2.45) is 11.1 Å². The molecule has 2 aliphatic rings. The number of nitrogens with one attached hydrogen (secondary N) is 2. The van der Waals surface area contributed by atoms with Crippen LogP contribution in [0.25, 0.3) is 0 Å². The molecular weight excluding hydrogens is 430 g/mol. The molecule has 2 heterocycles. The summed E-state index contributed by atoms with van der Waals surface area (Å²) in [7, 11) is 0. The number of thiazole rings is 1. The van der Waals surface area contributed by atoms with Gasteiger partial charge in [0.15, 0.2) is 5.69 Å². The van der Waals surface area contributed by atoms with Gasteiger partial charge in [-0.15, -0.1) is 0 Å². The smallest absolute Gasteiger partial charge is 0.350 e. The molecule has 2 amide bonds. The molecule has 168 valence electrons. The molecule has 31 heavy (non-hydrogen) atoms. The van der Waals surface area contributed by atoms with Crippen LogP contribution in [-0.4, -0.2) is 68.8 Å². The highest BCUT2D eigenvalue weighted by Crippen LogP contribution is 2.38. The third-order valence-electron chi connectivity index (χ3n) is 5.41. The summed E-state index contributed by atoms with van der Waals surface area (Å²) in [6.45, 7) is 2.11. The van der Waals surface area contributed by atoms with Crippen molar-refractivity contribution >= 4 is 45.9 Å². The maximum absolute atomic E-state index is 13.0. The molecule has 0 unspecified atom stereocenters. The Morgan fingerprint density at radius 2 is 2.10 bits per heavy atom. The lowest BCUT2D eigenvalue weighted by molar-refractivity contribution is -0.356. The lowest BCUT2D eigenvalue weighted by atomic mass is 9.98. The summed E-state index contributed by atoms with van der Waals surface area (Å²) in [6, 6.07) is -1.16. The maximum Gasteiger partial charge on any atom is 0.350 e. The highest BCUT2D eigenvalue weighted by molar-refractivity contribution is 7.13. The van der Waals surface area contributed by atoms with Gasteiger partial charge in [0, 0.05) is 17.3 Å². The molecule has 0 aromatic carbocycles. The number of hydrogen-bond acceptors (Lipinski definition) is 8. The predicted molar refractivity (Wildman–Crippen MR) is 107 cm³/mol. The lowest BCUT2D eigenvalue weighted by Crippen LogP contribution is -2.48. The Balaban J connectivity index is 1.85. The zero-order valence-corrected chi connectivity index (χ0v) is 17.8. The molecule has 2 fully saturated rings. The summed E-state index contributed by atoms with van der Waals surface area (Å²) in [5.41, 5.74) is 3.90. The number of hydrogen-bond donors (Lipinski definition) is 4. The summed E-state index contributed by atoms with van der Waals surface area (Å²) < 4.78 is 0. The lowest BCUT2D eigenvalue weighted by Gasteiger charge is -2.21. The monoisotopic (exact) mass is 454 g/mol. The van der Waals surface area contributed by atoms with Crippen molar-refractivity contribution < 1.29 is 39.2 Å². The van der Waals surface area contributed by atoms with E-state index in [2.05, 4.69) is 15.5 Å². The fraction of sp³-hybridized carbons (Fsp3) is 0.556. The number of rotatable bonds is 8. The molecule has 1 aromatic rings. The van der Waals surface area contributed by atoms with Gasteiger partial charge >= 0.3 is 17.1 Å². The maximum atomic E-state index is 13.0. The van der Waals surface area contributed by atoms with Crippen molar-refractivity contribution in [3.05, 3.63) is 11.1 Å². The van der Waals surface area contributed by atoms with Crippen LogP contribution in [0.5, 0.6) is 0 Å². The predicted octanol–water partition coefficient (Wildman–Crippen LogP) is -0.691. The van der Waals surface area contributed by atoms with Gasteiger partial charge in [-0.3, -0.25) is 20.1 Å². The average molecular weight is 454 g/mol. The van der Waals surface area contributed by atoms with Gasteiger partial charge in [-0.2, -0.15) is 0 Å². The summed E-state index contributed by atoms with van der Waals surface area (Å²) >= 11 is 1.10. The van der Waals surface area contributed by atoms with Gasteiger partial charge in [0.05, 0.1) is 0 Å². The summed E-state index contributed by atoms with van der Waals surface area (Å²) in [5, 5.41) is 26.5. The van der Waals surface area contributed by atoms with Crippen LogP contribution in [0, 0.1) is 5.92 Å². The number of H-pyrrole nitrogens is 1. The van der Waals surface area contributed by atoms with Crippen LogP contribution in [-0.2, 0) is 24.0 Å². The molecule has 3 rings (SSSR count). The fourth-order valence-electron chi connectivity index (χ4n) is 3.83. The van der Waals surface area contributed by atoms with Gasteiger partial charge in [-0.25, -0.2) is 9.78 Å². The van der Waals surface area contributed by atoms with Crippen molar-refractivity contribution in [3.63, 3.8) is 0 Å². The minimum atomic E-state index is -1.70. The van der Waals surface area contributed by atoms with Gasteiger partial charge in [0.1, 0.15) is 12.6 Å². The molecule has 13 heteroatoms. The minimum absolute atomic E-state index is 0.192. The largest absolute Gasteiger partial charge is 0.480 e. The second kappa shape index (κ2) is 8.49. The number of carboxylic acids is 2. The first kappa shape index (κ1) is 22.5. The third kappa shape index (κ3) is 4.60. The number of carboxylic acid groups (broad SMARTS) is 2. The van der Waals surface area contributed by atoms with Gasteiger partial charge in [0.25, 0.3) is 5.91 Å². The first-order valence-corrected chi connectivity index (χ1v) is 10.5. The molecule has 1 aliphatic carbocycles. The number of amides is 2. The number of carbonyl (C=O) groups is 4. The number of likely N-dealkylation sites (tertiary alicyclic amines) is 1. The van der Waals surface area contributed by atoms with E-state index in [1.807, 2.05) is 0 Å². The Morgan fingerprint density at radius 1 is 1.39 bits per heavy atom. The highest BCUT2D eigenvalue weighted by Gasteiger charge is 2.51. The number of aromatic amines is 1. The van der Waals surface area contributed by atoms with Crippen molar-refractivity contribution in [1.29, 1.82) is 0 Å². The molecule has 1 aromatic heterocycles. The Morgan fingerprint density at radius 3 is 2.68 bits per heavy atom. The van der Waals surface area contributed by atoms with Crippen LogP contribution in [0.1, 0.15) is 38.8 Å². The number of aromatic nitrogens is 1. The van der Waals surface area contributed by atoms with E-state index in [9.17, 15) is 24.3 Å². The molecule has 3 atom stereocenters. The Labute approximate surface area is 181 Å². The molecule has 0 radical (unpaired) electrons. The summed E-state index contributed by atoms with van der Waals surface area (Å²) in [4.78, 5) is 57.5. The fourth-order valence-corrected chi connectivity index (χ4v) is 4.41. The van der Waals surface area contributed by atoms with E-state index in [1.54, 1.807) is 0 Å². The summed E-state index contributed by atoms with van der Waals surface area (Å²) in [5.74, 6) is -3.86. The Hall–Kier alpha value is -3.22. The van der Waals surface area contributed by atoms with Crippen LogP contribution in [0.15, 0.2) is 10.5 Å². The average Bonchev–Trinajstić information content (AvgIpc) is 3.37. The van der Waals surface area contributed by atoms with Gasteiger partial charge in [-0.1, -0.05) is 22.9 Å². The van der Waals surface area contributed by atoms with E-state index in [0.717, 1.165) is 17.8 Å². The molecule has 0 bridgehead atoms. The van der Waals surface area contributed by atoms with Crippen molar-refractivity contribution in [1.82, 2.24) is 10.2 Å². The third-order valence-corrected chi connectivity index (χ3v) is 6.12. The molecule has 1 saturated heterocycles. The Bertz CT molecular complexity index is 943. The summed E-state index contributed by atoms with van der Waals surface area (Å²) in [6.07, 6.45) is 2.16. The van der Waals surface area contributed by atoms with Crippen LogP contribution in [0.4, 0.5) is 5.13 Å². The van der Waals surface area contributed by atoms with Crippen LogP contribution < -0.4 is 16.0 Å². The molecule has 6 N–H and O–H groups in total. The number of carbonyl (C=O) groups excluding carboxylic acids is 2. The van der Waals surface area contributed by atoms with Crippen molar-refractivity contribution in [2.45, 2.75) is 50.8 Å². The van der Waals surface area contributed by atoms with E-state index >= 15 is 0 Å². The molecule has 12 nitrogen and oxygen atoms in total. The zero-order valence-electron chi connectivity index (χ0n) is 17.0. The van der Waals surface area contributed by atoms with Gasteiger partial charge < -0.3 is 25.3 Å². The second-order valence-electron chi connectivity index (χ2n) is 7.96. The first-order chi connectivity index (χ1) is 14.5. The Kier molecular flexibility index (Phi) is 6.15. The molecule has 1 aliphatic heterocycles. The minimum Gasteiger partial charge on any atom is -0.480 e. The van der Waals surface area contributed by atoms with Gasteiger partial charge in [0.2, 0.25) is 17.2 Å². The van der Waals surface area contributed by atoms with E-state index in [0.29, 0.717) is 12.8 Å². The number of nitrogens with two attached hydrogens (primary N) is 1. The highest BCUT2D eigenvalue weighted by atomic mass is 32.1. The molecular formula is C18H24N5O7S+. The number of fused-ring (bicyclic) bond motifs is 1. The van der Waals surface area contributed by atoms with E-state index in [4.69, 9.17) is 15.7 Å². The normalized spacial score (nSPS) is 23.5. The SMILES string of the molecule is CC(C)(O/N=C(\C(=O)N[C@@H]1C(=O)N(CC(=O)O)[C@H]2CCC[C@H]12)c1csc(N)[nH+]1)C(=O)O. The zero-order chi connectivity index (χ0) is 22.9. The van der Waals surface area contributed by atoms with Crippen LogP contribution in [0.2, 0.25) is 0 Å². The first-order valence-electron chi connectivity index (χ1n) is 9.60. The van der Waals surface area contributed by atoms with Crippen molar-refractivity contribution in [3.8, 4) is 0 Å². The van der Waals surface area contributed by atoms with E-state index in [1.165, 1.54) is 24.1 Å². The standard InChI is InChI=1S/C18H23N5O7S/c1-18(2,16(28)29)30-22-13(9-7-31-17(19)20-9)14(26)21-12-8-4-3-5-10(8)23(15(12)27)6-11(24)25/h7-8,10,12H,3-6H2,1-2H3,(H2,19,20)(H,21,26)(H,24,25)(H,28,29)/p+1/b22-13-/t8-,10-,12-/m0/s1. The van der Waals surface area contributed by atoms with Crippen LogP contribution >= 0.6 is 11.3 Å². The number of nitrogen functional groups attached to an aromatic ring is 1. The second-order valence-corrected chi connectivity index (χ2v) is 8.87.